The maximum Gasteiger partial charge on any atom is 0.272 e. The van der Waals surface area contributed by atoms with E-state index in [0.717, 1.165) is 41.3 Å². The molecule has 0 saturated heterocycles. The summed E-state index contributed by atoms with van der Waals surface area (Å²) >= 11 is 0. The maximum absolute atomic E-state index is 5.01. The van der Waals surface area contributed by atoms with Gasteiger partial charge >= 0.3 is 0 Å². The van der Waals surface area contributed by atoms with Gasteiger partial charge in [-0.1, -0.05) is 30.3 Å². The lowest BCUT2D eigenvalue weighted by Crippen LogP contribution is -2.24. The number of hydrogen-bond acceptors (Lipinski definition) is 5. The van der Waals surface area contributed by atoms with Crippen molar-refractivity contribution in [3.8, 4) is 17.3 Å². The first-order chi connectivity index (χ1) is 14.1. The van der Waals surface area contributed by atoms with Crippen molar-refractivity contribution in [1.29, 1.82) is 0 Å². The lowest BCUT2D eigenvalue weighted by Gasteiger charge is -2.18. The van der Waals surface area contributed by atoms with E-state index in [1.165, 1.54) is 6.42 Å². The average Bonchev–Trinajstić information content (AvgIpc) is 3.44. The Balaban J connectivity index is 1.63. The van der Waals surface area contributed by atoms with Gasteiger partial charge in [0.15, 0.2) is 11.5 Å². The Labute approximate surface area is 170 Å². The summed E-state index contributed by atoms with van der Waals surface area (Å²) in [6.45, 7) is 2.09. The van der Waals surface area contributed by atoms with Crippen LogP contribution >= 0.6 is 0 Å². The third kappa shape index (κ3) is 3.21. The number of nitrogens with zero attached hydrogens (tertiary/aromatic N) is 7. The van der Waals surface area contributed by atoms with Gasteiger partial charge in [0.2, 0.25) is 0 Å². The molecule has 148 valence electrons. The number of rotatable bonds is 4. The van der Waals surface area contributed by atoms with Crippen LogP contribution in [0, 0.1) is 6.92 Å². The topological polar surface area (TPSA) is 64.1 Å². The van der Waals surface area contributed by atoms with Gasteiger partial charge in [0.25, 0.3) is 5.95 Å². The predicted octanol–water partition coefficient (Wildman–Crippen LogP) is 3.48. The molecule has 1 aliphatic carbocycles. The highest BCUT2D eigenvalue weighted by Crippen LogP contribution is 2.37. The van der Waals surface area contributed by atoms with Gasteiger partial charge in [-0.15, -0.1) is 10.2 Å². The fourth-order valence-corrected chi connectivity index (χ4v) is 4.24. The van der Waals surface area contributed by atoms with Gasteiger partial charge in [-0.25, -0.2) is 9.50 Å². The molecule has 1 fully saturated rings. The molecular weight excluding hydrogens is 362 g/mol. The molecule has 0 N–H and O–H groups in total. The van der Waals surface area contributed by atoms with Crippen molar-refractivity contribution in [1.82, 2.24) is 34.3 Å². The van der Waals surface area contributed by atoms with E-state index in [2.05, 4.69) is 43.2 Å². The van der Waals surface area contributed by atoms with Crippen molar-refractivity contribution in [2.75, 3.05) is 14.1 Å². The molecule has 0 amide bonds. The van der Waals surface area contributed by atoms with Crippen molar-refractivity contribution >= 4 is 5.65 Å². The summed E-state index contributed by atoms with van der Waals surface area (Å²) in [4.78, 5) is 12.0. The summed E-state index contributed by atoms with van der Waals surface area (Å²) in [5, 5.41) is 9.53. The van der Waals surface area contributed by atoms with Gasteiger partial charge in [-0.05, 0) is 58.0 Å². The molecule has 0 radical (unpaired) electrons. The van der Waals surface area contributed by atoms with E-state index in [4.69, 9.17) is 15.1 Å². The molecule has 1 aromatic carbocycles. The standard InChI is InChI=1S/C22H25N7/c1-15-8-4-5-9-18(15)20-24-21(16-11-12-17(14-16)27(2)3)29(25-20)22-23-19-10-6-7-13-28(19)26-22/h4-10,13,16-17H,11-12,14H2,1-3H3/t16-,17+/m0/s1. The number of benzene rings is 1. The van der Waals surface area contributed by atoms with Crippen LogP contribution in [0.25, 0.3) is 23.0 Å². The minimum atomic E-state index is 0.347. The van der Waals surface area contributed by atoms with Gasteiger partial charge in [-0.3, -0.25) is 0 Å². The molecule has 0 aliphatic heterocycles. The van der Waals surface area contributed by atoms with E-state index in [-0.39, 0.29) is 0 Å². The lowest BCUT2D eigenvalue weighted by atomic mass is 10.1. The lowest BCUT2D eigenvalue weighted by molar-refractivity contribution is 0.296. The zero-order chi connectivity index (χ0) is 20.0. The zero-order valence-electron chi connectivity index (χ0n) is 17.0. The number of aryl methyl sites for hydroxylation is 1. The SMILES string of the molecule is Cc1ccccc1-c1nc([C@H]2CC[C@@H](N(C)C)C2)n(-c2nc3ccccn3n2)n1. The summed E-state index contributed by atoms with van der Waals surface area (Å²) in [6.07, 6.45) is 5.25. The molecule has 1 aliphatic rings. The highest BCUT2D eigenvalue weighted by Gasteiger charge is 2.32. The quantitative estimate of drug-likeness (QED) is 0.536. The van der Waals surface area contributed by atoms with Crippen LogP contribution in [0.4, 0.5) is 0 Å². The first kappa shape index (κ1) is 18.0. The molecule has 0 unspecified atom stereocenters. The van der Waals surface area contributed by atoms with Gasteiger partial charge in [0, 0.05) is 23.7 Å². The molecule has 0 bridgehead atoms. The van der Waals surface area contributed by atoms with E-state index in [9.17, 15) is 0 Å². The minimum absolute atomic E-state index is 0.347. The Morgan fingerprint density at radius 3 is 2.55 bits per heavy atom. The third-order valence-electron chi connectivity index (χ3n) is 5.94. The van der Waals surface area contributed by atoms with Crippen LogP contribution in [-0.4, -0.2) is 54.4 Å². The Morgan fingerprint density at radius 1 is 0.966 bits per heavy atom. The minimum Gasteiger partial charge on any atom is -0.306 e. The Kier molecular flexibility index (Phi) is 4.39. The Hall–Kier alpha value is -3.06. The van der Waals surface area contributed by atoms with Gasteiger partial charge in [0.05, 0.1) is 0 Å². The van der Waals surface area contributed by atoms with Gasteiger partial charge < -0.3 is 4.90 Å². The molecule has 5 rings (SSSR count). The summed E-state index contributed by atoms with van der Waals surface area (Å²) in [5.41, 5.74) is 3.02. The number of hydrogen-bond donors (Lipinski definition) is 0. The summed E-state index contributed by atoms with van der Waals surface area (Å²) in [7, 11) is 4.31. The van der Waals surface area contributed by atoms with Crippen molar-refractivity contribution in [2.24, 2.45) is 0 Å². The second kappa shape index (κ2) is 7.08. The van der Waals surface area contributed by atoms with E-state index >= 15 is 0 Å². The molecule has 2 atom stereocenters. The van der Waals surface area contributed by atoms with Crippen LogP contribution in [0.2, 0.25) is 0 Å². The molecule has 3 aromatic heterocycles. The second-order valence-corrected chi connectivity index (χ2v) is 8.06. The van der Waals surface area contributed by atoms with E-state index in [0.29, 0.717) is 17.9 Å². The first-order valence-corrected chi connectivity index (χ1v) is 10.1. The monoisotopic (exact) mass is 387 g/mol. The Bertz CT molecular complexity index is 1120. The number of pyridine rings is 1. The summed E-state index contributed by atoms with van der Waals surface area (Å²) in [5.74, 6) is 2.62. The van der Waals surface area contributed by atoms with E-state index in [1.807, 2.05) is 41.2 Å². The van der Waals surface area contributed by atoms with Crippen LogP contribution in [-0.2, 0) is 0 Å². The molecule has 29 heavy (non-hydrogen) atoms. The largest absolute Gasteiger partial charge is 0.306 e. The Morgan fingerprint density at radius 2 is 1.79 bits per heavy atom. The third-order valence-corrected chi connectivity index (χ3v) is 5.94. The summed E-state index contributed by atoms with van der Waals surface area (Å²) < 4.78 is 3.64. The molecular formula is C22H25N7. The van der Waals surface area contributed by atoms with Gasteiger partial charge in [-0.2, -0.15) is 9.67 Å². The highest BCUT2D eigenvalue weighted by molar-refractivity contribution is 5.59. The first-order valence-electron chi connectivity index (χ1n) is 10.1. The van der Waals surface area contributed by atoms with Gasteiger partial charge in [0.1, 0.15) is 5.82 Å². The van der Waals surface area contributed by atoms with Crippen LogP contribution in [0.5, 0.6) is 0 Å². The molecule has 7 nitrogen and oxygen atoms in total. The van der Waals surface area contributed by atoms with Crippen molar-refractivity contribution in [3.63, 3.8) is 0 Å². The highest BCUT2D eigenvalue weighted by atomic mass is 15.5. The number of fused-ring (bicyclic) bond motifs is 1. The van der Waals surface area contributed by atoms with E-state index < -0.39 is 0 Å². The molecule has 0 spiro atoms. The molecule has 7 heteroatoms. The average molecular weight is 387 g/mol. The van der Waals surface area contributed by atoms with Crippen molar-refractivity contribution < 1.29 is 0 Å². The predicted molar refractivity (Wildman–Crippen MR) is 112 cm³/mol. The molecule has 3 heterocycles. The molecule has 1 saturated carbocycles. The normalized spacial score (nSPS) is 19.4. The maximum atomic E-state index is 5.01. The van der Waals surface area contributed by atoms with Crippen LogP contribution in [0.1, 0.15) is 36.6 Å². The van der Waals surface area contributed by atoms with Crippen molar-refractivity contribution in [2.45, 2.75) is 38.1 Å². The number of aromatic nitrogens is 6. The smallest absolute Gasteiger partial charge is 0.272 e. The zero-order valence-corrected chi connectivity index (χ0v) is 17.0. The van der Waals surface area contributed by atoms with Crippen LogP contribution in [0.3, 0.4) is 0 Å². The van der Waals surface area contributed by atoms with Crippen molar-refractivity contribution in [3.05, 3.63) is 60.0 Å². The van der Waals surface area contributed by atoms with Crippen LogP contribution < -0.4 is 0 Å². The fraction of sp³-hybridized carbons (Fsp3) is 0.364. The molecule has 4 aromatic rings. The van der Waals surface area contributed by atoms with Crippen LogP contribution in [0.15, 0.2) is 48.7 Å². The second-order valence-electron chi connectivity index (χ2n) is 8.06. The van der Waals surface area contributed by atoms with E-state index in [1.54, 1.807) is 4.52 Å². The summed E-state index contributed by atoms with van der Waals surface area (Å²) in [6, 6.07) is 14.7. The fourth-order valence-electron chi connectivity index (χ4n) is 4.24.